The quantitative estimate of drug-likeness (QED) is 0.407. The van der Waals surface area contributed by atoms with Crippen LogP contribution in [-0.4, -0.2) is 18.5 Å². The van der Waals surface area contributed by atoms with Crippen LogP contribution in [0.25, 0.3) is 0 Å². The number of hydrogen-bond acceptors (Lipinski definition) is 3. The molecule has 0 atom stereocenters. The number of benzene rings is 3. The smallest absolute Gasteiger partial charge is 0.123 e. The molecule has 0 spiro atoms. The molecule has 1 aliphatic rings. The number of allylic oxidation sites excluding steroid dienone is 2. The van der Waals surface area contributed by atoms with Crippen LogP contribution in [0, 0.1) is 5.92 Å². The van der Waals surface area contributed by atoms with E-state index >= 15 is 0 Å². The van der Waals surface area contributed by atoms with E-state index in [-0.39, 0.29) is 0 Å². The molecule has 0 aliphatic heterocycles. The summed E-state index contributed by atoms with van der Waals surface area (Å²) in [5, 5.41) is 0. The van der Waals surface area contributed by atoms with Gasteiger partial charge in [0, 0.05) is 25.1 Å². The molecule has 0 bridgehead atoms. The molecule has 0 saturated heterocycles. The van der Waals surface area contributed by atoms with E-state index in [0.717, 1.165) is 35.7 Å². The van der Waals surface area contributed by atoms with Crippen molar-refractivity contribution in [3.05, 3.63) is 120 Å². The number of ether oxygens (including phenoxy) is 2. The average molecular weight is 412 g/mol. The molecule has 31 heavy (non-hydrogen) atoms. The Bertz CT molecular complexity index is 938. The van der Waals surface area contributed by atoms with Gasteiger partial charge in [0.05, 0.1) is 0 Å². The predicted octanol–water partition coefficient (Wildman–Crippen LogP) is 6.02. The zero-order valence-corrected chi connectivity index (χ0v) is 18.0. The van der Waals surface area contributed by atoms with Crippen LogP contribution in [0.5, 0.6) is 11.5 Å². The van der Waals surface area contributed by atoms with Gasteiger partial charge in [-0.15, -0.1) is 0 Å². The predicted molar refractivity (Wildman–Crippen MR) is 126 cm³/mol. The minimum atomic E-state index is 0.483. The Morgan fingerprint density at radius 2 is 1.19 bits per heavy atom. The third-order valence-corrected chi connectivity index (χ3v) is 5.24. The molecule has 0 heterocycles. The number of hydrogen-bond donors (Lipinski definition) is 0. The zero-order valence-electron chi connectivity index (χ0n) is 18.0. The molecule has 0 N–H and O–H groups in total. The Hall–Kier alpha value is -3.30. The third-order valence-electron chi connectivity index (χ3n) is 5.24. The standard InChI is InChI=1S/C28H29NO2/c1-29(19-23-10-8-9-11-23)20-26-16-27(30-21-24-12-4-2-5-13-24)18-28(17-26)31-22-25-14-6-3-7-15-25/h2-18,23H,19-22H2,1H3. The summed E-state index contributed by atoms with van der Waals surface area (Å²) in [6, 6.07) is 26.7. The molecule has 4 rings (SSSR count). The molecular weight excluding hydrogens is 382 g/mol. The fourth-order valence-corrected chi connectivity index (χ4v) is 3.71. The van der Waals surface area contributed by atoms with E-state index in [1.807, 2.05) is 42.5 Å². The summed E-state index contributed by atoms with van der Waals surface area (Å²) in [7, 11) is 2.15. The van der Waals surface area contributed by atoms with E-state index < -0.39 is 0 Å². The second-order valence-corrected chi connectivity index (χ2v) is 7.99. The Labute approximate surface area is 185 Å². The van der Waals surface area contributed by atoms with Crippen molar-refractivity contribution >= 4 is 0 Å². The Morgan fingerprint density at radius 3 is 1.71 bits per heavy atom. The lowest BCUT2D eigenvalue weighted by molar-refractivity contribution is 0.284. The molecule has 3 heteroatoms. The molecule has 158 valence electrons. The van der Waals surface area contributed by atoms with Gasteiger partial charge in [-0.2, -0.15) is 0 Å². The summed E-state index contributed by atoms with van der Waals surface area (Å²) in [5.74, 6) is 2.15. The highest BCUT2D eigenvalue weighted by Crippen LogP contribution is 2.26. The first-order valence-corrected chi connectivity index (χ1v) is 10.8. The van der Waals surface area contributed by atoms with E-state index in [0.29, 0.717) is 19.1 Å². The molecule has 3 aromatic rings. The van der Waals surface area contributed by atoms with E-state index in [2.05, 4.69) is 72.6 Å². The summed E-state index contributed by atoms with van der Waals surface area (Å²) >= 11 is 0. The lowest BCUT2D eigenvalue weighted by Crippen LogP contribution is -2.23. The normalized spacial score (nSPS) is 13.1. The molecule has 0 fully saturated rings. The Balaban J connectivity index is 1.46. The third kappa shape index (κ3) is 6.59. The van der Waals surface area contributed by atoms with Gasteiger partial charge in [-0.1, -0.05) is 85.0 Å². The van der Waals surface area contributed by atoms with E-state index in [1.54, 1.807) is 0 Å². The van der Waals surface area contributed by atoms with Gasteiger partial charge in [-0.3, -0.25) is 0 Å². The first-order chi connectivity index (χ1) is 15.2. The molecule has 0 saturated carbocycles. The topological polar surface area (TPSA) is 21.7 Å². The van der Waals surface area contributed by atoms with Crippen LogP contribution < -0.4 is 9.47 Å². The van der Waals surface area contributed by atoms with Crippen LogP contribution in [-0.2, 0) is 19.8 Å². The largest absolute Gasteiger partial charge is 0.489 e. The summed E-state index contributed by atoms with van der Waals surface area (Å²) < 4.78 is 12.2. The van der Waals surface area contributed by atoms with Crippen molar-refractivity contribution in [2.75, 3.05) is 13.6 Å². The van der Waals surface area contributed by atoms with Gasteiger partial charge in [0.2, 0.25) is 0 Å². The minimum Gasteiger partial charge on any atom is -0.489 e. The van der Waals surface area contributed by atoms with Crippen LogP contribution in [0.2, 0.25) is 0 Å². The van der Waals surface area contributed by atoms with Gasteiger partial charge in [0.1, 0.15) is 24.7 Å². The SMILES string of the molecule is CN(Cc1cc(OCc2ccccc2)cc(OCc2ccccc2)c1)CC1C=CC=C1. The summed E-state index contributed by atoms with van der Waals surface area (Å²) in [4.78, 5) is 2.34. The second-order valence-electron chi connectivity index (χ2n) is 7.99. The Kier molecular flexibility index (Phi) is 7.20. The highest BCUT2D eigenvalue weighted by molar-refractivity contribution is 5.39. The summed E-state index contributed by atoms with van der Waals surface area (Å²) in [6.45, 7) is 2.90. The molecule has 0 amide bonds. The summed E-state index contributed by atoms with van der Waals surface area (Å²) in [6.07, 6.45) is 8.72. The molecule has 3 aromatic carbocycles. The zero-order chi connectivity index (χ0) is 21.3. The van der Waals surface area contributed by atoms with Gasteiger partial charge in [-0.25, -0.2) is 0 Å². The number of rotatable bonds is 10. The van der Waals surface area contributed by atoms with Crippen molar-refractivity contribution in [3.8, 4) is 11.5 Å². The van der Waals surface area contributed by atoms with Crippen molar-refractivity contribution < 1.29 is 9.47 Å². The number of nitrogens with zero attached hydrogens (tertiary/aromatic N) is 1. The van der Waals surface area contributed by atoms with Gasteiger partial charge in [0.25, 0.3) is 0 Å². The van der Waals surface area contributed by atoms with E-state index in [1.165, 1.54) is 5.56 Å². The highest BCUT2D eigenvalue weighted by atomic mass is 16.5. The van der Waals surface area contributed by atoms with Crippen LogP contribution >= 0.6 is 0 Å². The van der Waals surface area contributed by atoms with E-state index in [9.17, 15) is 0 Å². The molecule has 1 aliphatic carbocycles. The van der Waals surface area contributed by atoms with Crippen LogP contribution in [0.15, 0.2) is 103 Å². The van der Waals surface area contributed by atoms with E-state index in [4.69, 9.17) is 9.47 Å². The molecule has 0 unspecified atom stereocenters. The molecule has 0 radical (unpaired) electrons. The maximum Gasteiger partial charge on any atom is 0.123 e. The van der Waals surface area contributed by atoms with Crippen LogP contribution in [0.1, 0.15) is 16.7 Å². The van der Waals surface area contributed by atoms with Gasteiger partial charge in [0.15, 0.2) is 0 Å². The monoisotopic (exact) mass is 411 g/mol. The molecule has 3 nitrogen and oxygen atoms in total. The van der Waals surface area contributed by atoms with Crippen molar-refractivity contribution in [2.24, 2.45) is 5.92 Å². The fourth-order valence-electron chi connectivity index (χ4n) is 3.71. The van der Waals surface area contributed by atoms with Gasteiger partial charge >= 0.3 is 0 Å². The van der Waals surface area contributed by atoms with Crippen LogP contribution in [0.3, 0.4) is 0 Å². The van der Waals surface area contributed by atoms with Crippen LogP contribution in [0.4, 0.5) is 0 Å². The van der Waals surface area contributed by atoms with Crippen molar-refractivity contribution in [1.29, 1.82) is 0 Å². The highest BCUT2D eigenvalue weighted by Gasteiger charge is 2.11. The second kappa shape index (κ2) is 10.6. The molecule has 0 aromatic heterocycles. The Morgan fingerprint density at radius 1 is 0.677 bits per heavy atom. The van der Waals surface area contributed by atoms with Gasteiger partial charge in [-0.05, 0) is 35.9 Å². The fraction of sp³-hybridized carbons (Fsp3) is 0.214. The lowest BCUT2D eigenvalue weighted by atomic mass is 10.1. The lowest BCUT2D eigenvalue weighted by Gasteiger charge is -2.20. The molecular formula is C28H29NO2. The summed E-state index contributed by atoms with van der Waals surface area (Å²) in [5.41, 5.74) is 3.48. The maximum atomic E-state index is 6.12. The average Bonchev–Trinajstić information content (AvgIpc) is 3.30. The van der Waals surface area contributed by atoms with Crippen molar-refractivity contribution in [2.45, 2.75) is 19.8 Å². The van der Waals surface area contributed by atoms with Crippen molar-refractivity contribution in [3.63, 3.8) is 0 Å². The first-order valence-electron chi connectivity index (χ1n) is 10.8. The van der Waals surface area contributed by atoms with Gasteiger partial charge < -0.3 is 14.4 Å². The minimum absolute atomic E-state index is 0.483. The van der Waals surface area contributed by atoms with Crippen molar-refractivity contribution in [1.82, 2.24) is 4.90 Å². The maximum absolute atomic E-state index is 6.12. The first kappa shape index (κ1) is 21.0.